The number of ether oxygens (including phenoxy) is 1. The van der Waals surface area contributed by atoms with E-state index in [-0.39, 0.29) is 11.9 Å². The Hall–Kier alpha value is -2.35. The highest BCUT2D eigenvalue weighted by molar-refractivity contribution is 7.09. The maximum absolute atomic E-state index is 11.9. The molecule has 8 heteroatoms. The zero-order valence-electron chi connectivity index (χ0n) is 15.0. The second-order valence-corrected chi connectivity index (χ2v) is 7.26. The number of nitrogens with one attached hydrogen (secondary N) is 1. The fourth-order valence-electron chi connectivity index (χ4n) is 3.13. The van der Waals surface area contributed by atoms with Gasteiger partial charge in [0.05, 0.1) is 12.5 Å². The van der Waals surface area contributed by atoms with Crippen molar-refractivity contribution >= 4 is 34.6 Å². The number of carbonyl (C=O) groups excluding carboxylic acids is 1. The maximum Gasteiger partial charge on any atom is 0.309 e. The lowest BCUT2D eigenvalue weighted by Crippen LogP contribution is -2.38. The van der Waals surface area contributed by atoms with Crippen LogP contribution in [0.2, 0.25) is 0 Å². The second kappa shape index (κ2) is 8.84. The zero-order valence-corrected chi connectivity index (χ0v) is 15.8. The van der Waals surface area contributed by atoms with E-state index >= 15 is 0 Å². The third-order valence-corrected chi connectivity index (χ3v) is 5.46. The average Bonchev–Trinajstić information content (AvgIpc) is 3.17. The van der Waals surface area contributed by atoms with Gasteiger partial charge in [0.25, 0.3) is 0 Å². The normalized spacial score (nSPS) is 15.0. The van der Waals surface area contributed by atoms with Gasteiger partial charge in [-0.05, 0) is 37.6 Å². The summed E-state index contributed by atoms with van der Waals surface area (Å²) in [5, 5.41) is 5.38. The van der Waals surface area contributed by atoms with Crippen LogP contribution >= 0.6 is 11.3 Å². The molecule has 2 aromatic rings. The summed E-state index contributed by atoms with van der Waals surface area (Å²) in [6, 6.07) is 4.17. The predicted molar refractivity (Wildman–Crippen MR) is 105 cm³/mol. The Bertz CT molecular complexity index is 714. The predicted octanol–water partition coefficient (Wildman–Crippen LogP) is 2.55. The lowest BCUT2D eigenvalue weighted by molar-refractivity contribution is -0.148. The van der Waals surface area contributed by atoms with Gasteiger partial charge < -0.3 is 20.7 Å². The van der Waals surface area contributed by atoms with Crippen molar-refractivity contribution in [2.24, 2.45) is 5.92 Å². The summed E-state index contributed by atoms with van der Waals surface area (Å²) in [6.07, 6.45) is 3.98. The first-order chi connectivity index (χ1) is 12.7. The molecule has 3 heterocycles. The van der Waals surface area contributed by atoms with E-state index in [1.165, 1.54) is 11.2 Å². The minimum atomic E-state index is -0.0984. The smallest absolute Gasteiger partial charge is 0.309 e. The Labute approximate surface area is 157 Å². The first-order valence-electron chi connectivity index (χ1n) is 8.97. The molecule has 0 amide bonds. The Morgan fingerprint density at radius 1 is 1.42 bits per heavy atom. The first-order valence-corrected chi connectivity index (χ1v) is 9.85. The molecule has 0 unspecified atom stereocenters. The highest BCUT2D eigenvalue weighted by atomic mass is 32.1. The molecular weight excluding hydrogens is 350 g/mol. The van der Waals surface area contributed by atoms with Crippen molar-refractivity contribution in [2.75, 3.05) is 42.2 Å². The second-order valence-electron chi connectivity index (χ2n) is 6.23. The molecule has 140 valence electrons. The third-order valence-electron chi connectivity index (χ3n) is 4.52. The third kappa shape index (κ3) is 4.43. The highest BCUT2D eigenvalue weighted by Crippen LogP contribution is 2.30. The standard InChI is InChI=1S/C18H25N5O2S/c1-2-25-18(24)13-6-9-23(10-7-13)17-15(19)16(21-12-22-17)20-8-5-14-4-3-11-26-14/h3-4,11-13H,2,5-10,19H2,1H3,(H,20,21,22). The average molecular weight is 375 g/mol. The van der Waals surface area contributed by atoms with Crippen LogP contribution in [0, 0.1) is 5.92 Å². The van der Waals surface area contributed by atoms with Crippen molar-refractivity contribution in [3.63, 3.8) is 0 Å². The molecule has 2 aromatic heterocycles. The number of hydrogen-bond donors (Lipinski definition) is 2. The summed E-state index contributed by atoms with van der Waals surface area (Å²) in [5.74, 6) is 1.27. The summed E-state index contributed by atoms with van der Waals surface area (Å²) in [6.45, 7) is 4.50. The van der Waals surface area contributed by atoms with E-state index in [9.17, 15) is 4.79 Å². The SMILES string of the molecule is CCOC(=O)C1CCN(c2ncnc(NCCc3cccs3)c2N)CC1. The molecule has 3 rings (SSSR count). The molecule has 0 radical (unpaired) electrons. The van der Waals surface area contributed by atoms with Crippen LogP contribution in [0.15, 0.2) is 23.8 Å². The summed E-state index contributed by atoms with van der Waals surface area (Å²) < 4.78 is 5.12. The molecule has 0 aromatic carbocycles. The number of aromatic nitrogens is 2. The lowest BCUT2D eigenvalue weighted by atomic mass is 9.97. The van der Waals surface area contributed by atoms with E-state index < -0.39 is 0 Å². The van der Waals surface area contributed by atoms with Crippen molar-refractivity contribution in [1.29, 1.82) is 0 Å². The maximum atomic E-state index is 11.9. The van der Waals surface area contributed by atoms with Crippen LogP contribution in [0.3, 0.4) is 0 Å². The number of thiophene rings is 1. The molecule has 0 atom stereocenters. The van der Waals surface area contributed by atoms with Crippen molar-refractivity contribution in [3.05, 3.63) is 28.7 Å². The van der Waals surface area contributed by atoms with Crippen LogP contribution in [-0.4, -0.2) is 42.2 Å². The minimum absolute atomic E-state index is 0.0300. The van der Waals surface area contributed by atoms with Gasteiger partial charge >= 0.3 is 5.97 Å². The molecule has 0 aliphatic carbocycles. The van der Waals surface area contributed by atoms with E-state index in [4.69, 9.17) is 10.5 Å². The van der Waals surface area contributed by atoms with Crippen LogP contribution in [0.25, 0.3) is 0 Å². The first kappa shape index (κ1) is 18.4. The molecule has 3 N–H and O–H groups in total. The molecule has 1 aliphatic rings. The van der Waals surface area contributed by atoms with Gasteiger partial charge in [-0.25, -0.2) is 9.97 Å². The minimum Gasteiger partial charge on any atom is -0.466 e. The number of nitrogen functional groups attached to an aromatic ring is 1. The monoisotopic (exact) mass is 375 g/mol. The van der Waals surface area contributed by atoms with Crippen LogP contribution in [0.5, 0.6) is 0 Å². The summed E-state index contributed by atoms with van der Waals surface area (Å²) in [5.41, 5.74) is 6.86. The Kier molecular flexibility index (Phi) is 6.27. The van der Waals surface area contributed by atoms with Gasteiger partial charge in [-0.3, -0.25) is 4.79 Å². The van der Waals surface area contributed by atoms with E-state index in [1.807, 2.05) is 6.92 Å². The van der Waals surface area contributed by atoms with E-state index in [0.717, 1.165) is 44.7 Å². The number of esters is 1. The highest BCUT2D eigenvalue weighted by Gasteiger charge is 2.27. The van der Waals surface area contributed by atoms with E-state index in [0.29, 0.717) is 18.1 Å². The molecule has 7 nitrogen and oxygen atoms in total. The van der Waals surface area contributed by atoms with Crippen molar-refractivity contribution in [2.45, 2.75) is 26.2 Å². The summed E-state index contributed by atoms with van der Waals surface area (Å²) >= 11 is 1.74. The molecule has 0 spiro atoms. The Balaban J connectivity index is 1.58. The van der Waals surface area contributed by atoms with Gasteiger partial charge in [-0.15, -0.1) is 11.3 Å². The van der Waals surface area contributed by atoms with Gasteiger partial charge in [0.2, 0.25) is 0 Å². The van der Waals surface area contributed by atoms with E-state index in [1.54, 1.807) is 11.3 Å². The number of rotatable bonds is 7. The van der Waals surface area contributed by atoms with E-state index in [2.05, 4.69) is 37.7 Å². The fraction of sp³-hybridized carbons (Fsp3) is 0.500. The molecule has 1 fully saturated rings. The van der Waals surface area contributed by atoms with Crippen molar-refractivity contribution < 1.29 is 9.53 Å². The summed E-state index contributed by atoms with van der Waals surface area (Å²) in [7, 11) is 0. The summed E-state index contributed by atoms with van der Waals surface area (Å²) in [4.78, 5) is 24.0. The fourth-order valence-corrected chi connectivity index (χ4v) is 3.83. The van der Waals surface area contributed by atoms with Crippen LogP contribution in [0.4, 0.5) is 17.3 Å². The quantitative estimate of drug-likeness (QED) is 0.718. The molecule has 0 bridgehead atoms. The molecular formula is C18H25N5O2S. The van der Waals surface area contributed by atoms with Crippen molar-refractivity contribution in [1.82, 2.24) is 9.97 Å². The number of anilines is 3. The molecule has 1 saturated heterocycles. The zero-order chi connectivity index (χ0) is 18.4. The lowest BCUT2D eigenvalue weighted by Gasteiger charge is -2.32. The number of hydrogen-bond acceptors (Lipinski definition) is 8. The Morgan fingerprint density at radius 2 is 2.23 bits per heavy atom. The molecule has 1 aliphatic heterocycles. The largest absolute Gasteiger partial charge is 0.466 e. The topological polar surface area (TPSA) is 93.4 Å². The van der Waals surface area contributed by atoms with Gasteiger partial charge in [-0.2, -0.15) is 0 Å². The van der Waals surface area contributed by atoms with Crippen LogP contribution < -0.4 is 16.0 Å². The van der Waals surface area contributed by atoms with Gasteiger partial charge in [-0.1, -0.05) is 6.07 Å². The van der Waals surface area contributed by atoms with Gasteiger partial charge in [0.1, 0.15) is 12.0 Å². The Morgan fingerprint density at radius 3 is 2.92 bits per heavy atom. The van der Waals surface area contributed by atoms with Gasteiger partial charge in [0.15, 0.2) is 11.6 Å². The van der Waals surface area contributed by atoms with Crippen LogP contribution in [-0.2, 0) is 16.0 Å². The van der Waals surface area contributed by atoms with Crippen molar-refractivity contribution in [3.8, 4) is 0 Å². The van der Waals surface area contributed by atoms with Crippen LogP contribution in [0.1, 0.15) is 24.6 Å². The number of nitrogens with two attached hydrogens (primary N) is 1. The molecule has 26 heavy (non-hydrogen) atoms. The molecule has 0 saturated carbocycles. The number of carbonyl (C=O) groups is 1. The number of nitrogens with zero attached hydrogens (tertiary/aromatic N) is 3. The number of piperidine rings is 1. The van der Waals surface area contributed by atoms with Gasteiger partial charge in [0, 0.05) is 24.5 Å².